The molecule has 0 saturated heterocycles. The van der Waals surface area contributed by atoms with Gasteiger partial charge in [0, 0.05) is 5.54 Å². The van der Waals surface area contributed by atoms with Crippen molar-refractivity contribution in [1.29, 1.82) is 0 Å². The molecular weight excluding hydrogens is 362 g/mol. The lowest BCUT2D eigenvalue weighted by molar-refractivity contribution is 0.0822. The number of benzene rings is 2. The van der Waals surface area contributed by atoms with E-state index in [1.807, 2.05) is 18.2 Å². The molecule has 0 unspecified atom stereocenters. The number of methoxy groups -OCH3 is 1. The maximum absolute atomic E-state index is 9.54. The normalized spacial score (nSPS) is 26.3. The molecule has 0 aliphatic heterocycles. The standard InChI is InChI=1S/C25H33NO3/c1-28-24-4-2-3-18(12-24)15-29-16-19-5-6-21-13-22(8-7-20(21)11-19)23-9-10-25(26,14-23)17-27/h2-4,7-8,12-13,19,23,27H,5-6,9-11,14-17,26H2,1H3/t19-,23-,25+/m0/s1. The summed E-state index contributed by atoms with van der Waals surface area (Å²) in [7, 11) is 1.69. The summed E-state index contributed by atoms with van der Waals surface area (Å²) >= 11 is 0. The first-order valence-corrected chi connectivity index (χ1v) is 10.8. The molecule has 0 radical (unpaired) electrons. The lowest BCUT2D eigenvalue weighted by atomic mass is 9.82. The van der Waals surface area contributed by atoms with Crippen LogP contribution in [-0.2, 0) is 24.2 Å². The minimum absolute atomic E-state index is 0.0892. The summed E-state index contributed by atoms with van der Waals surface area (Å²) in [5.74, 6) is 1.94. The maximum Gasteiger partial charge on any atom is 0.119 e. The highest BCUT2D eigenvalue weighted by atomic mass is 16.5. The molecule has 4 rings (SSSR count). The average molecular weight is 396 g/mol. The molecule has 29 heavy (non-hydrogen) atoms. The van der Waals surface area contributed by atoms with Gasteiger partial charge in [-0.1, -0.05) is 30.3 Å². The molecule has 156 valence electrons. The minimum atomic E-state index is -0.383. The van der Waals surface area contributed by atoms with E-state index in [0.29, 0.717) is 18.4 Å². The molecule has 0 aromatic heterocycles. The lowest BCUT2D eigenvalue weighted by Gasteiger charge is -2.26. The van der Waals surface area contributed by atoms with E-state index in [-0.39, 0.29) is 12.1 Å². The lowest BCUT2D eigenvalue weighted by Crippen LogP contribution is -2.40. The summed E-state index contributed by atoms with van der Waals surface area (Å²) in [5, 5.41) is 9.54. The molecule has 2 aromatic rings. The average Bonchev–Trinajstić information content (AvgIpc) is 3.16. The van der Waals surface area contributed by atoms with Crippen LogP contribution in [0.25, 0.3) is 0 Å². The Bertz CT molecular complexity index is 837. The molecule has 4 heteroatoms. The predicted molar refractivity (Wildman–Crippen MR) is 115 cm³/mol. The van der Waals surface area contributed by atoms with Gasteiger partial charge in [0.15, 0.2) is 0 Å². The molecule has 2 aliphatic rings. The first-order valence-electron chi connectivity index (χ1n) is 10.8. The van der Waals surface area contributed by atoms with Crippen molar-refractivity contribution < 1.29 is 14.6 Å². The quantitative estimate of drug-likeness (QED) is 0.744. The number of aryl methyl sites for hydroxylation is 1. The van der Waals surface area contributed by atoms with Crippen LogP contribution in [0.5, 0.6) is 5.75 Å². The van der Waals surface area contributed by atoms with Crippen LogP contribution in [0, 0.1) is 5.92 Å². The second kappa shape index (κ2) is 8.86. The van der Waals surface area contributed by atoms with Gasteiger partial charge in [0.2, 0.25) is 0 Å². The Hall–Kier alpha value is -1.88. The van der Waals surface area contributed by atoms with E-state index >= 15 is 0 Å². The van der Waals surface area contributed by atoms with Gasteiger partial charge >= 0.3 is 0 Å². The Morgan fingerprint density at radius 2 is 2.03 bits per heavy atom. The van der Waals surface area contributed by atoms with Crippen molar-refractivity contribution in [3.05, 3.63) is 64.7 Å². The topological polar surface area (TPSA) is 64.7 Å². The van der Waals surface area contributed by atoms with Crippen LogP contribution in [0.3, 0.4) is 0 Å². The number of fused-ring (bicyclic) bond motifs is 1. The van der Waals surface area contributed by atoms with Crippen LogP contribution in [0.15, 0.2) is 42.5 Å². The third kappa shape index (κ3) is 4.82. The second-order valence-electron chi connectivity index (χ2n) is 8.96. The molecule has 1 fully saturated rings. The molecule has 1 saturated carbocycles. The van der Waals surface area contributed by atoms with Gasteiger partial charge in [-0.15, -0.1) is 0 Å². The van der Waals surface area contributed by atoms with E-state index in [4.69, 9.17) is 15.2 Å². The van der Waals surface area contributed by atoms with E-state index in [2.05, 4.69) is 24.3 Å². The predicted octanol–water partition coefficient (Wildman–Crippen LogP) is 3.97. The number of aliphatic hydroxyl groups is 1. The highest BCUT2D eigenvalue weighted by molar-refractivity contribution is 5.36. The van der Waals surface area contributed by atoms with Crippen LogP contribution in [-0.4, -0.2) is 31.0 Å². The van der Waals surface area contributed by atoms with E-state index < -0.39 is 0 Å². The van der Waals surface area contributed by atoms with Gasteiger partial charge in [0.05, 0.1) is 26.9 Å². The molecule has 2 aliphatic carbocycles. The Morgan fingerprint density at radius 1 is 1.14 bits per heavy atom. The summed E-state index contributed by atoms with van der Waals surface area (Å²) in [6.45, 7) is 1.52. The molecule has 3 atom stereocenters. The van der Waals surface area contributed by atoms with Gasteiger partial charge in [-0.2, -0.15) is 0 Å². The number of aliphatic hydroxyl groups excluding tert-OH is 1. The first-order chi connectivity index (χ1) is 14.1. The molecule has 0 amide bonds. The fraction of sp³-hybridized carbons (Fsp3) is 0.520. The van der Waals surface area contributed by atoms with Crippen molar-refractivity contribution in [2.24, 2.45) is 11.7 Å². The van der Waals surface area contributed by atoms with Crippen LogP contribution >= 0.6 is 0 Å². The Labute approximate surface area is 174 Å². The third-order valence-corrected chi connectivity index (χ3v) is 6.75. The molecule has 0 bridgehead atoms. The molecular formula is C25H33NO3. The second-order valence-corrected chi connectivity index (χ2v) is 8.96. The van der Waals surface area contributed by atoms with Crippen LogP contribution in [0.2, 0.25) is 0 Å². The van der Waals surface area contributed by atoms with E-state index in [9.17, 15) is 5.11 Å². The maximum atomic E-state index is 9.54. The zero-order valence-electron chi connectivity index (χ0n) is 17.4. The summed E-state index contributed by atoms with van der Waals surface area (Å²) in [6, 6.07) is 15.1. The van der Waals surface area contributed by atoms with Crippen LogP contribution in [0.1, 0.15) is 53.9 Å². The van der Waals surface area contributed by atoms with Gasteiger partial charge in [0.25, 0.3) is 0 Å². The summed E-state index contributed by atoms with van der Waals surface area (Å²) in [6.07, 6.45) is 6.28. The Balaban J connectivity index is 1.31. The molecule has 4 nitrogen and oxygen atoms in total. The first kappa shape index (κ1) is 20.4. The Kier molecular flexibility index (Phi) is 6.23. The third-order valence-electron chi connectivity index (χ3n) is 6.75. The number of hydrogen-bond acceptors (Lipinski definition) is 4. The monoisotopic (exact) mass is 395 g/mol. The number of nitrogens with two attached hydrogens (primary N) is 1. The van der Waals surface area contributed by atoms with Gasteiger partial charge in [-0.3, -0.25) is 0 Å². The van der Waals surface area contributed by atoms with Crippen molar-refractivity contribution >= 4 is 0 Å². The number of ether oxygens (including phenoxy) is 2. The summed E-state index contributed by atoms with van der Waals surface area (Å²) in [4.78, 5) is 0. The van der Waals surface area contributed by atoms with Gasteiger partial charge < -0.3 is 20.3 Å². The Morgan fingerprint density at radius 3 is 2.83 bits per heavy atom. The largest absolute Gasteiger partial charge is 0.497 e. The van der Waals surface area contributed by atoms with Crippen LogP contribution in [0.4, 0.5) is 0 Å². The summed E-state index contributed by atoms with van der Waals surface area (Å²) < 4.78 is 11.3. The molecule has 0 spiro atoms. The smallest absolute Gasteiger partial charge is 0.119 e. The fourth-order valence-corrected chi connectivity index (χ4v) is 4.94. The molecule has 0 heterocycles. The number of rotatable bonds is 7. The SMILES string of the molecule is COc1cccc(COC[C@H]2CCc3cc([C@H]4CC[C@](N)(CO)C4)ccc3C2)c1. The zero-order chi connectivity index (χ0) is 20.3. The van der Waals surface area contributed by atoms with Gasteiger partial charge in [-0.25, -0.2) is 0 Å². The minimum Gasteiger partial charge on any atom is -0.497 e. The van der Waals surface area contributed by atoms with Crippen molar-refractivity contribution in [3.63, 3.8) is 0 Å². The highest BCUT2D eigenvalue weighted by Gasteiger charge is 2.36. The zero-order valence-corrected chi connectivity index (χ0v) is 17.4. The van der Waals surface area contributed by atoms with Crippen LogP contribution < -0.4 is 10.5 Å². The van der Waals surface area contributed by atoms with Crippen molar-refractivity contribution in [3.8, 4) is 5.75 Å². The van der Waals surface area contributed by atoms with Crippen molar-refractivity contribution in [1.82, 2.24) is 0 Å². The molecule has 2 aromatic carbocycles. The van der Waals surface area contributed by atoms with Gasteiger partial charge in [-0.05, 0) is 84.7 Å². The molecule has 3 N–H and O–H groups in total. The van der Waals surface area contributed by atoms with Crippen molar-refractivity contribution in [2.75, 3.05) is 20.3 Å². The summed E-state index contributed by atoms with van der Waals surface area (Å²) in [5.41, 5.74) is 11.4. The van der Waals surface area contributed by atoms with E-state index in [1.165, 1.54) is 23.1 Å². The fourth-order valence-electron chi connectivity index (χ4n) is 4.94. The van der Waals surface area contributed by atoms with E-state index in [0.717, 1.165) is 50.0 Å². The highest BCUT2D eigenvalue weighted by Crippen LogP contribution is 2.40. The van der Waals surface area contributed by atoms with E-state index in [1.54, 1.807) is 7.11 Å². The van der Waals surface area contributed by atoms with Gasteiger partial charge in [0.1, 0.15) is 5.75 Å². The van der Waals surface area contributed by atoms with Crippen molar-refractivity contribution in [2.45, 2.75) is 56.6 Å². The number of hydrogen-bond donors (Lipinski definition) is 2.